The molecule has 0 heterocycles. The number of nitrogens with one attached hydrogen (secondary N) is 1. The van der Waals surface area contributed by atoms with Gasteiger partial charge in [-0.05, 0) is 36.4 Å². The quantitative estimate of drug-likeness (QED) is 0.936. The van der Waals surface area contributed by atoms with Crippen molar-refractivity contribution >= 4 is 15.9 Å². The van der Waals surface area contributed by atoms with Gasteiger partial charge in [-0.1, -0.05) is 0 Å². The van der Waals surface area contributed by atoms with Gasteiger partial charge < -0.3 is 4.74 Å². The molecule has 0 saturated carbocycles. The maximum absolute atomic E-state index is 13.4. The summed E-state index contributed by atoms with van der Waals surface area (Å²) < 4.78 is 55.1. The van der Waals surface area contributed by atoms with E-state index in [4.69, 9.17) is 4.74 Å². The van der Waals surface area contributed by atoms with Crippen molar-refractivity contribution in [2.24, 2.45) is 0 Å². The lowest BCUT2D eigenvalue weighted by atomic mass is 10.2. The number of sulfonamides is 1. The molecule has 8 heteroatoms. The number of rotatable bonds is 4. The molecule has 0 spiro atoms. The third-order valence-electron chi connectivity index (χ3n) is 2.52. The molecule has 116 valence electrons. The first-order valence-corrected chi connectivity index (χ1v) is 7.89. The van der Waals surface area contributed by atoms with E-state index in [2.05, 4.69) is 0 Å². The standard InChI is InChI=1S/C14H11F2NO4S/c1-22(19,20)17-14(18)9-2-5-11(6-3-9)21-13-7-4-10(15)8-12(13)16/h2-8H,1H3,(H,17,18). The van der Waals surface area contributed by atoms with Gasteiger partial charge in [0.15, 0.2) is 11.6 Å². The highest BCUT2D eigenvalue weighted by molar-refractivity contribution is 7.89. The highest BCUT2D eigenvalue weighted by atomic mass is 32.2. The van der Waals surface area contributed by atoms with Gasteiger partial charge in [0, 0.05) is 11.6 Å². The molecule has 0 aliphatic heterocycles. The van der Waals surface area contributed by atoms with Crippen LogP contribution in [-0.4, -0.2) is 20.6 Å². The maximum Gasteiger partial charge on any atom is 0.264 e. The van der Waals surface area contributed by atoms with Crippen LogP contribution in [0.3, 0.4) is 0 Å². The van der Waals surface area contributed by atoms with Crippen molar-refractivity contribution in [3.05, 3.63) is 59.7 Å². The third-order valence-corrected chi connectivity index (χ3v) is 3.07. The number of amides is 1. The Morgan fingerprint density at radius 3 is 2.27 bits per heavy atom. The van der Waals surface area contributed by atoms with Crippen molar-refractivity contribution in [2.45, 2.75) is 0 Å². The second-order valence-electron chi connectivity index (χ2n) is 4.40. The Morgan fingerprint density at radius 1 is 1.09 bits per heavy atom. The van der Waals surface area contributed by atoms with Crippen molar-refractivity contribution in [1.82, 2.24) is 4.72 Å². The molecule has 0 aliphatic carbocycles. The number of halogens is 2. The number of benzene rings is 2. The van der Waals surface area contributed by atoms with Crippen LogP contribution in [0.5, 0.6) is 11.5 Å². The van der Waals surface area contributed by atoms with Crippen LogP contribution in [-0.2, 0) is 10.0 Å². The molecule has 0 unspecified atom stereocenters. The van der Waals surface area contributed by atoms with Gasteiger partial charge in [0.2, 0.25) is 10.0 Å². The lowest BCUT2D eigenvalue weighted by molar-refractivity contribution is 0.0981. The highest BCUT2D eigenvalue weighted by Gasteiger charge is 2.11. The minimum atomic E-state index is -3.66. The monoisotopic (exact) mass is 327 g/mol. The van der Waals surface area contributed by atoms with E-state index in [9.17, 15) is 22.0 Å². The van der Waals surface area contributed by atoms with E-state index in [1.54, 1.807) is 0 Å². The first-order valence-electron chi connectivity index (χ1n) is 6.00. The summed E-state index contributed by atoms with van der Waals surface area (Å²) in [6, 6.07) is 8.22. The smallest absolute Gasteiger partial charge is 0.264 e. The van der Waals surface area contributed by atoms with E-state index >= 15 is 0 Å². The van der Waals surface area contributed by atoms with Crippen LogP contribution in [0.25, 0.3) is 0 Å². The SMILES string of the molecule is CS(=O)(=O)NC(=O)c1ccc(Oc2ccc(F)cc2F)cc1. The zero-order valence-corrected chi connectivity index (χ0v) is 12.2. The maximum atomic E-state index is 13.4. The third kappa shape index (κ3) is 4.26. The lowest BCUT2D eigenvalue weighted by Crippen LogP contribution is -2.29. The van der Waals surface area contributed by atoms with Crippen molar-refractivity contribution < 1.29 is 26.7 Å². The molecule has 0 fully saturated rings. The number of hydrogen-bond donors (Lipinski definition) is 1. The molecule has 0 atom stereocenters. The average Bonchev–Trinajstić information content (AvgIpc) is 2.41. The fraction of sp³-hybridized carbons (Fsp3) is 0.0714. The normalized spacial score (nSPS) is 11.0. The first-order chi connectivity index (χ1) is 10.2. The molecule has 0 bridgehead atoms. The Labute approximate surface area is 125 Å². The summed E-state index contributed by atoms with van der Waals surface area (Å²) in [6.07, 6.45) is 0.861. The van der Waals surface area contributed by atoms with Gasteiger partial charge >= 0.3 is 0 Å². The van der Waals surface area contributed by atoms with Gasteiger partial charge in [-0.2, -0.15) is 0 Å². The Hall–Kier alpha value is -2.48. The van der Waals surface area contributed by atoms with E-state index in [1.807, 2.05) is 4.72 Å². The predicted octanol–water partition coefficient (Wildman–Crippen LogP) is 2.45. The largest absolute Gasteiger partial charge is 0.454 e. The van der Waals surface area contributed by atoms with Crippen molar-refractivity contribution in [1.29, 1.82) is 0 Å². The molecule has 1 amide bonds. The molecule has 22 heavy (non-hydrogen) atoms. The molecule has 2 rings (SSSR count). The summed E-state index contributed by atoms with van der Waals surface area (Å²) in [6.45, 7) is 0. The van der Waals surface area contributed by atoms with Gasteiger partial charge in [0.25, 0.3) is 5.91 Å². The fourth-order valence-corrected chi connectivity index (χ4v) is 2.04. The molecule has 5 nitrogen and oxygen atoms in total. The summed E-state index contributed by atoms with van der Waals surface area (Å²) in [4.78, 5) is 11.6. The Kier molecular flexibility index (Phi) is 4.41. The second-order valence-corrected chi connectivity index (χ2v) is 6.15. The minimum Gasteiger partial charge on any atom is -0.454 e. The van der Waals surface area contributed by atoms with Crippen LogP contribution in [0.15, 0.2) is 42.5 Å². The highest BCUT2D eigenvalue weighted by Crippen LogP contribution is 2.25. The topological polar surface area (TPSA) is 72.5 Å². The molecule has 0 radical (unpaired) electrons. The van der Waals surface area contributed by atoms with Gasteiger partial charge in [0.05, 0.1) is 6.26 Å². The number of carbonyl (C=O) groups is 1. The van der Waals surface area contributed by atoms with Crippen LogP contribution >= 0.6 is 0 Å². The van der Waals surface area contributed by atoms with Crippen LogP contribution in [0.1, 0.15) is 10.4 Å². The Balaban J connectivity index is 2.13. The van der Waals surface area contributed by atoms with Gasteiger partial charge in [0.1, 0.15) is 11.6 Å². The summed E-state index contributed by atoms with van der Waals surface area (Å²) in [5.74, 6) is -2.34. The Bertz CT molecular complexity index is 804. The summed E-state index contributed by atoms with van der Waals surface area (Å²) in [5.41, 5.74) is 0.0948. The lowest BCUT2D eigenvalue weighted by Gasteiger charge is -2.08. The van der Waals surface area contributed by atoms with Gasteiger partial charge in [-0.3, -0.25) is 4.79 Å². The Morgan fingerprint density at radius 2 is 1.73 bits per heavy atom. The second kappa shape index (κ2) is 6.10. The molecule has 0 saturated heterocycles. The van der Waals surface area contributed by atoms with Crippen LogP contribution in [0.2, 0.25) is 0 Å². The molecule has 2 aromatic rings. The van der Waals surface area contributed by atoms with Gasteiger partial charge in [-0.25, -0.2) is 21.9 Å². The zero-order valence-electron chi connectivity index (χ0n) is 11.3. The molecule has 0 aromatic heterocycles. The van der Waals surface area contributed by atoms with E-state index in [0.717, 1.165) is 18.4 Å². The van der Waals surface area contributed by atoms with E-state index in [-0.39, 0.29) is 17.1 Å². The summed E-state index contributed by atoms with van der Waals surface area (Å²) >= 11 is 0. The van der Waals surface area contributed by atoms with E-state index < -0.39 is 27.6 Å². The van der Waals surface area contributed by atoms with Crippen molar-refractivity contribution in [3.8, 4) is 11.5 Å². The van der Waals surface area contributed by atoms with Crippen LogP contribution in [0, 0.1) is 11.6 Å². The average molecular weight is 327 g/mol. The van der Waals surface area contributed by atoms with Crippen molar-refractivity contribution in [3.63, 3.8) is 0 Å². The molecule has 2 aromatic carbocycles. The van der Waals surface area contributed by atoms with Crippen LogP contribution < -0.4 is 9.46 Å². The number of carbonyl (C=O) groups excluding carboxylic acids is 1. The van der Waals surface area contributed by atoms with E-state index in [1.165, 1.54) is 24.3 Å². The molecular formula is C14H11F2NO4S. The molecule has 1 N–H and O–H groups in total. The number of ether oxygens (including phenoxy) is 1. The fourth-order valence-electron chi connectivity index (χ4n) is 1.59. The number of hydrogen-bond acceptors (Lipinski definition) is 4. The zero-order chi connectivity index (χ0) is 16.3. The van der Waals surface area contributed by atoms with Crippen molar-refractivity contribution in [2.75, 3.05) is 6.26 Å². The molecule has 0 aliphatic rings. The minimum absolute atomic E-state index is 0.0948. The predicted molar refractivity (Wildman–Crippen MR) is 75.2 cm³/mol. The van der Waals surface area contributed by atoms with Crippen LogP contribution in [0.4, 0.5) is 8.78 Å². The summed E-state index contributed by atoms with van der Waals surface area (Å²) in [5, 5.41) is 0. The first kappa shape index (κ1) is 15.9. The van der Waals surface area contributed by atoms with Gasteiger partial charge in [-0.15, -0.1) is 0 Å². The summed E-state index contributed by atoms with van der Waals surface area (Å²) in [7, 11) is -3.66. The van der Waals surface area contributed by atoms with E-state index in [0.29, 0.717) is 6.07 Å². The molecular weight excluding hydrogens is 316 g/mol.